The average Bonchev–Trinajstić information content (AvgIpc) is 4.05. The van der Waals surface area contributed by atoms with E-state index in [0.717, 1.165) is 5.56 Å². The Morgan fingerprint density at radius 3 is 1.08 bits per heavy atom. The number of aliphatic hydroxyl groups is 1. The van der Waals surface area contributed by atoms with E-state index in [1.165, 1.54) is 60.7 Å². The van der Waals surface area contributed by atoms with Crippen LogP contribution in [0.4, 0.5) is 0 Å². The zero-order valence-corrected chi connectivity index (χ0v) is 41.6. The molecule has 2 fully saturated rings. The van der Waals surface area contributed by atoms with Crippen LogP contribution in [0.2, 0.25) is 0 Å². The van der Waals surface area contributed by atoms with Gasteiger partial charge in [0.1, 0.15) is 12.2 Å². The molecule has 1 N–H and O–H groups in total. The van der Waals surface area contributed by atoms with Crippen molar-refractivity contribution < 1.29 is 81.2 Å². The molecule has 7 aromatic carbocycles. The molecule has 17 nitrogen and oxygen atoms in total. The van der Waals surface area contributed by atoms with Crippen LogP contribution in [0.25, 0.3) is 0 Å². The first-order valence-corrected chi connectivity index (χ1v) is 24.9. The van der Waals surface area contributed by atoms with E-state index in [2.05, 4.69) is 0 Å². The summed E-state index contributed by atoms with van der Waals surface area (Å²) in [6.07, 6.45) is -16.7. The van der Waals surface area contributed by atoms with Crippen molar-refractivity contribution in [3.63, 3.8) is 0 Å². The molecular weight excluding hydrogens is 1000 g/mol. The maximum atomic E-state index is 14.2. The number of carbonyl (C=O) groups excluding carboxylic acids is 6. The molecule has 10 atom stereocenters. The summed E-state index contributed by atoms with van der Waals surface area (Å²) in [6.45, 7) is -1.07. The van der Waals surface area contributed by atoms with Gasteiger partial charge in [0.2, 0.25) is 0 Å². The van der Waals surface area contributed by atoms with Crippen LogP contribution >= 0.6 is 0 Å². The van der Waals surface area contributed by atoms with Crippen LogP contribution in [0.5, 0.6) is 0 Å². The van der Waals surface area contributed by atoms with Gasteiger partial charge in [-0.05, 0) is 78.4 Å². The zero-order valence-electron chi connectivity index (χ0n) is 41.6. The van der Waals surface area contributed by atoms with Gasteiger partial charge in [0.25, 0.3) is 0 Å². The lowest BCUT2D eigenvalue weighted by Crippen LogP contribution is -2.48. The molecule has 0 aliphatic carbocycles. The smallest absolute Gasteiger partial charge is 0.338 e. The van der Waals surface area contributed by atoms with Crippen LogP contribution in [0.3, 0.4) is 0 Å². The molecule has 0 unspecified atom stereocenters. The SMILES string of the molecule is O=C(O[C@@H]1[C@@H](OC(=O)c2ccccc2)[C@H](O)O[C@H]1[C@@H](CO[C@@H]1O[C@@H]([C@@H](COCc2ccccc2)OC(=O)c2ccccc2)[C@H](OC(=O)c2ccccc2)[C@H]1OC(=O)c1ccccc1)OC(=O)c1ccccc1)c1ccccc1. The fourth-order valence-electron chi connectivity index (χ4n) is 8.64. The lowest BCUT2D eigenvalue weighted by Gasteiger charge is -2.30. The minimum atomic E-state index is -1.97. The van der Waals surface area contributed by atoms with E-state index in [-0.39, 0.29) is 46.6 Å². The first-order valence-electron chi connectivity index (χ1n) is 24.9. The van der Waals surface area contributed by atoms with Gasteiger partial charge in [-0.1, -0.05) is 140 Å². The van der Waals surface area contributed by atoms with Gasteiger partial charge < -0.3 is 52.5 Å². The summed E-state index contributed by atoms with van der Waals surface area (Å²) in [5, 5.41) is 11.6. The van der Waals surface area contributed by atoms with E-state index in [9.17, 15) is 33.9 Å². The molecule has 9 rings (SSSR count). The van der Waals surface area contributed by atoms with E-state index < -0.39 is 104 Å². The Labute approximate surface area is 448 Å². The van der Waals surface area contributed by atoms with Gasteiger partial charge in [-0.2, -0.15) is 0 Å². The highest BCUT2D eigenvalue weighted by Gasteiger charge is 2.57. The Morgan fingerprint density at radius 1 is 0.372 bits per heavy atom. The van der Waals surface area contributed by atoms with Crippen molar-refractivity contribution in [1.29, 1.82) is 0 Å². The number of rotatable bonds is 21. The van der Waals surface area contributed by atoms with E-state index in [4.69, 9.17) is 47.4 Å². The largest absolute Gasteiger partial charge is 0.453 e. The Kier molecular flexibility index (Phi) is 18.2. The van der Waals surface area contributed by atoms with Gasteiger partial charge >= 0.3 is 35.8 Å². The Balaban J connectivity index is 1.10. The lowest BCUT2D eigenvalue weighted by atomic mass is 10.0. The molecule has 2 aliphatic rings. The number of hydrogen-bond donors (Lipinski definition) is 1. The van der Waals surface area contributed by atoms with Crippen molar-refractivity contribution in [3.05, 3.63) is 251 Å². The first kappa shape index (κ1) is 54.0. The van der Waals surface area contributed by atoms with Crippen LogP contribution in [0.15, 0.2) is 212 Å². The maximum absolute atomic E-state index is 14.2. The molecule has 17 heteroatoms. The van der Waals surface area contributed by atoms with Crippen molar-refractivity contribution in [2.45, 2.75) is 68.0 Å². The standard InChI is InChI=1S/C61H52O17/c62-54(40-24-10-2-11-25-40)71-46(37-69-36-39-22-8-1-9-23-39)49-51(75-57(65)43-30-16-5-17-31-43)53(77-59(67)45-34-20-7-21-35-45)61(78-49)70-38-47(72-55(63)41-26-12-3-13-27-41)48-50(74-56(64)42-28-14-4-15-29-42)52(60(68)73-48)76-58(66)44-32-18-6-19-33-44/h1-35,46-53,60-61,68H,36-38H2/t46-,47-,48+,49+,50+,51+,52-,53-,60-,61-/m1/s1. The van der Waals surface area contributed by atoms with Gasteiger partial charge in [-0.15, -0.1) is 0 Å². The summed E-state index contributed by atoms with van der Waals surface area (Å²) in [4.78, 5) is 84.0. The molecule has 398 valence electrons. The van der Waals surface area contributed by atoms with Crippen molar-refractivity contribution in [2.24, 2.45) is 0 Å². The Morgan fingerprint density at radius 2 is 0.679 bits per heavy atom. The van der Waals surface area contributed by atoms with Crippen molar-refractivity contribution in [1.82, 2.24) is 0 Å². The van der Waals surface area contributed by atoms with Gasteiger partial charge in [0.05, 0.1) is 53.2 Å². The third-order valence-corrected chi connectivity index (χ3v) is 12.5. The van der Waals surface area contributed by atoms with E-state index in [1.807, 2.05) is 30.3 Å². The number of aliphatic hydroxyl groups excluding tert-OH is 1. The molecule has 2 saturated heterocycles. The van der Waals surface area contributed by atoms with Crippen LogP contribution < -0.4 is 0 Å². The third-order valence-electron chi connectivity index (χ3n) is 12.5. The van der Waals surface area contributed by atoms with Crippen LogP contribution in [0, 0.1) is 0 Å². The molecule has 0 bridgehead atoms. The van der Waals surface area contributed by atoms with E-state index in [1.54, 1.807) is 121 Å². The van der Waals surface area contributed by atoms with Crippen molar-refractivity contribution in [2.75, 3.05) is 13.2 Å². The number of carbonyl (C=O) groups is 6. The molecule has 0 aromatic heterocycles. The summed E-state index contributed by atoms with van der Waals surface area (Å²) in [5.41, 5.74) is 1.40. The number of ether oxygens (including phenoxy) is 10. The molecule has 78 heavy (non-hydrogen) atoms. The summed E-state index contributed by atoms with van der Waals surface area (Å²) in [7, 11) is 0. The van der Waals surface area contributed by atoms with Crippen LogP contribution in [-0.2, 0) is 54.0 Å². The van der Waals surface area contributed by atoms with Crippen LogP contribution in [0.1, 0.15) is 67.7 Å². The minimum Gasteiger partial charge on any atom is -0.453 e. The number of esters is 6. The second-order valence-corrected chi connectivity index (χ2v) is 17.9. The Hall–Kier alpha value is -8.84. The molecule has 0 amide bonds. The van der Waals surface area contributed by atoms with E-state index in [0.29, 0.717) is 0 Å². The highest BCUT2D eigenvalue weighted by Crippen LogP contribution is 2.36. The average molecular weight is 1060 g/mol. The molecule has 2 heterocycles. The highest BCUT2D eigenvalue weighted by molar-refractivity contribution is 5.92. The third kappa shape index (κ3) is 13.8. The first-order chi connectivity index (χ1) is 38.1. The van der Waals surface area contributed by atoms with Crippen LogP contribution in [-0.4, -0.2) is 116 Å². The molecule has 0 radical (unpaired) electrons. The Bertz CT molecular complexity index is 3080. The lowest BCUT2D eigenvalue weighted by molar-refractivity contribution is -0.207. The normalized spacial score (nSPS) is 21.2. The number of benzene rings is 7. The summed E-state index contributed by atoms with van der Waals surface area (Å²) in [5.74, 6) is -5.32. The topological polar surface area (TPSA) is 215 Å². The predicted molar refractivity (Wildman–Crippen MR) is 275 cm³/mol. The monoisotopic (exact) mass is 1060 g/mol. The summed E-state index contributed by atoms with van der Waals surface area (Å²) < 4.78 is 61.9. The van der Waals surface area contributed by atoms with Crippen molar-refractivity contribution >= 4 is 35.8 Å². The van der Waals surface area contributed by atoms with Gasteiger partial charge in [0.15, 0.2) is 49.2 Å². The fourth-order valence-corrected chi connectivity index (χ4v) is 8.64. The minimum absolute atomic E-state index is 0.0487. The van der Waals surface area contributed by atoms with Gasteiger partial charge in [-0.3, -0.25) is 0 Å². The molecule has 0 saturated carbocycles. The second-order valence-electron chi connectivity index (χ2n) is 17.9. The van der Waals surface area contributed by atoms with Crippen molar-refractivity contribution in [3.8, 4) is 0 Å². The zero-order chi connectivity index (χ0) is 54.2. The van der Waals surface area contributed by atoms with E-state index >= 15 is 0 Å². The molecule has 0 spiro atoms. The summed E-state index contributed by atoms with van der Waals surface area (Å²) >= 11 is 0. The highest BCUT2D eigenvalue weighted by atomic mass is 16.8. The predicted octanol–water partition coefficient (Wildman–Crippen LogP) is 8.02. The summed E-state index contributed by atoms with van der Waals surface area (Å²) in [6, 6.07) is 56.7. The second kappa shape index (κ2) is 26.3. The molecule has 2 aliphatic heterocycles. The van der Waals surface area contributed by atoms with Gasteiger partial charge in [-0.25, -0.2) is 28.8 Å². The van der Waals surface area contributed by atoms with Gasteiger partial charge in [0, 0.05) is 0 Å². The number of hydrogen-bond acceptors (Lipinski definition) is 17. The molecular formula is C61H52O17. The maximum Gasteiger partial charge on any atom is 0.338 e. The molecule has 7 aromatic rings. The quantitative estimate of drug-likeness (QED) is 0.0533. The fraction of sp³-hybridized carbons (Fsp3) is 0.213.